The summed E-state index contributed by atoms with van der Waals surface area (Å²) >= 11 is 6.98. The minimum absolute atomic E-state index is 0.0108. The van der Waals surface area contributed by atoms with Crippen molar-refractivity contribution in [1.29, 1.82) is 0 Å². The lowest BCUT2D eigenvalue weighted by Crippen LogP contribution is -2.35. The van der Waals surface area contributed by atoms with Crippen LogP contribution < -0.4 is 26.7 Å². The number of aromatic nitrogens is 4. The Hall–Kier alpha value is -3.45. The molecule has 2 heterocycles. The molecule has 0 aliphatic heterocycles. The second-order valence-corrected chi connectivity index (χ2v) is 7.46. The van der Waals surface area contributed by atoms with E-state index in [1.165, 1.54) is 31.0 Å². The predicted molar refractivity (Wildman–Crippen MR) is 107 cm³/mol. The molecule has 0 bridgehead atoms. The van der Waals surface area contributed by atoms with Crippen LogP contribution in [-0.2, 0) is 0 Å². The highest BCUT2D eigenvalue weighted by molar-refractivity contribution is 7.99. The number of nitrogens with zero attached hydrogens (tertiary/aromatic N) is 4. The van der Waals surface area contributed by atoms with Crippen molar-refractivity contribution in [1.82, 2.24) is 20.0 Å². The molecular weight excluding hydrogens is 457 g/mol. The van der Waals surface area contributed by atoms with Gasteiger partial charge in [0.05, 0.1) is 17.8 Å². The van der Waals surface area contributed by atoms with Gasteiger partial charge >= 0.3 is 5.76 Å². The van der Waals surface area contributed by atoms with E-state index >= 15 is 0 Å². The summed E-state index contributed by atoms with van der Waals surface area (Å²) in [6, 6.07) is 3.66. The van der Waals surface area contributed by atoms with Crippen LogP contribution in [0.25, 0.3) is 17.2 Å². The first-order valence-corrected chi connectivity index (χ1v) is 9.89. The summed E-state index contributed by atoms with van der Waals surface area (Å²) in [6.45, 7) is 0.289. The molecule has 0 spiro atoms. The molecule has 0 aliphatic carbocycles. The van der Waals surface area contributed by atoms with Crippen LogP contribution in [0.4, 0.5) is 10.1 Å². The van der Waals surface area contributed by atoms with E-state index in [2.05, 4.69) is 20.8 Å². The number of methoxy groups -OCH3 is 1. The summed E-state index contributed by atoms with van der Waals surface area (Å²) in [4.78, 5) is 35.0. The van der Waals surface area contributed by atoms with Crippen LogP contribution in [-0.4, -0.2) is 39.4 Å². The Kier molecular flexibility index (Phi) is 5.61. The molecule has 0 unspecified atom stereocenters. The maximum absolute atomic E-state index is 13.5. The number of nitrogens with one attached hydrogen (secondary N) is 1. The molecule has 1 N–H and O–H groups in total. The van der Waals surface area contributed by atoms with E-state index in [4.69, 9.17) is 25.5 Å². The maximum atomic E-state index is 13.5. The molecule has 31 heavy (non-hydrogen) atoms. The summed E-state index contributed by atoms with van der Waals surface area (Å²) < 4.78 is 28.9. The number of thioether (sulfide) groups is 1. The van der Waals surface area contributed by atoms with E-state index in [0.717, 1.165) is 10.6 Å². The van der Waals surface area contributed by atoms with Crippen molar-refractivity contribution in [2.75, 3.05) is 24.7 Å². The van der Waals surface area contributed by atoms with Crippen LogP contribution in [0.1, 0.15) is 0 Å². The molecule has 0 amide bonds. The Morgan fingerprint density at radius 3 is 2.77 bits per heavy atom. The Morgan fingerprint density at radius 1 is 1.23 bits per heavy atom. The third-order valence-corrected chi connectivity index (χ3v) is 5.39. The number of halogens is 2. The third-order valence-electron chi connectivity index (χ3n) is 4.15. The molecule has 11 nitrogen and oxygen atoms in total. The van der Waals surface area contributed by atoms with Gasteiger partial charge in [-0.25, -0.2) is 18.4 Å². The van der Waals surface area contributed by atoms with Crippen LogP contribution in [0.15, 0.2) is 46.8 Å². The van der Waals surface area contributed by atoms with Gasteiger partial charge in [0, 0.05) is 12.3 Å². The van der Waals surface area contributed by atoms with Gasteiger partial charge in [0.15, 0.2) is 16.5 Å². The zero-order valence-electron chi connectivity index (χ0n) is 15.5. The molecule has 0 atom stereocenters. The average molecular weight is 468 g/mol. The molecule has 2 aromatic heterocycles. The van der Waals surface area contributed by atoms with Crippen molar-refractivity contribution in [2.24, 2.45) is 0 Å². The first-order valence-electron chi connectivity index (χ1n) is 8.53. The number of hydrogen-bond donors (Lipinski definition) is 1. The molecule has 160 valence electrons. The molecular formula is C17H11ClFN5O6S. The largest absolute Gasteiger partial charge is 0.491 e. The molecule has 0 aliphatic rings. The van der Waals surface area contributed by atoms with Crippen LogP contribution >= 0.6 is 23.4 Å². The fourth-order valence-corrected chi connectivity index (χ4v) is 3.64. The van der Waals surface area contributed by atoms with Crippen molar-refractivity contribution < 1.29 is 18.3 Å². The van der Waals surface area contributed by atoms with Gasteiger partial charge < -0.3 is 10.1 Å². The Morgan fingerprint density at radius 2 is 2.03 bits per heavy atom. The maximum Gasteiger partial charge on any atom is 0.446 e. The second kappa shape index (κ2) is 8.35. The highest BCUT2D eigenvalue weighted by atomic mass is 35.5. The highest BCUT2D eigenvalue weighted by Gasteiger charge is 2.24. The number of ether oxygens (including phenoxy) is 1. The molecule has 0 saturated carbocycles. The molecule has 4 rings (SSSR count). The highest BCUT2D eigenvalue weighted by Crippen LogP contribution is 2.29. The molecule has 0 fully saturated rings. The number of rotatable bonds is 8. The number of benzene rings is 1. The summed E-state index contributed by atoms with van der Waals surface area (Å²) in [5.74, 6) is -1.14. The Bertz CT molecular complexity index is 1390. The first-order chi connectivity index (χ1) is 14.9. The second-order valence-electron chi connectivity index (χ2n) is 5.97. The minimum Gasteiger partial charge on any atom is -0.491 e. The van der Waals surface area contributed by atoms with Crippen LogP contribution in [0, 0.1) is 5.82 Å². The SMILES string of the molecule is COc1c(NCCSc2nonc2-c2noc(=O)n2-c2ccc(F)c(Cl)c2)c(=O)c1=O. The van der Waals surface area contributed by atoms with Crippen molar-refractivity contribution in [3.63, 3.8) is 0 Å². The third kappa shape index (κ3) is 3.72. The van der Waals surface area contributed by atoms with E-state index in [9.17, 15) is 18.8 Å². The summed E-state index contributed by atoms with van der Waals surface area (Å²) in [7, 11) is 1.30. The average Bonchev–Trinajstić information content (AvgIpc) is 3.37. The lowest BCUT2D eigenvalue weighted by Gasteiger charge is -2.11. The molecule has 0 radical (unpaired) electrons. The van der Waals surface area contributed by atoms with Gasteiger partial charge in [-0.2, -0.15) is 0 Å². The lowest BCUT2D eigenvalue weighted by molar-refractivity contribution is 0.299. The van der Waals surface area contributed by atoms with Crippen molar-refractivity contribution in [3.8, 4) is 23.0 Å². The summed E-state index contributed by atoms with van der Waals surface area (Å²) in [6.07, 6.45) is 0. The fourth-order valence-electron chi connectivity index (χ4n) is 2.71. The van der Waals surface area contributed by atoms with Gasteiger partial charge in [0.2, 0.25) is 5.82 Å². The van der Waals surface area contributed by atoms with Gasteiger partial charge in [0.25, 0.3) is 10.9 Å². The normalized spacial score (nSPS) is 11.2. The summed E-state index contributed by atoms with van der Waals surface area (Å²) in [5.41, 5.74) is -0.880. The van der Waals surface area contributed by atoms with Gasteiger partial charge in [-0.05, 0) is 28.5 Å². The molecule has 0 saturated heterocycles. The van der Waals surface area contributed by atoms with Crippen LogP contribution in [0.2, 0.25) is 5.02 Å². The minimum atomic E-state index is -0.842. The Balaban J connectivity index is 1.52. The predicted octanol–water partition coefficient (Wildman–Crippen LogP) is 1.48. The van der Waals surface area contributed by atoms with Gasteiger partial charge in [-0.1, -0.05) is 28.5 Å². The zero-order chi connectivity index (χ0) is 22.1. The number of hydrogen-bond acceptors (Lipinski definition) is 11. The van der Waals surface area contributed by atoms with E-state index in [0.29, 0.717) is 5.75 Å². The quantitative estimate of drug-likeness (QED) is 0.228. The standard InChI is InChI=1S/C17H11ClFN5O6S/c1-28-14-10(12(25)13(14)26)20-4-5-31-16-11(21-30-23-16)15-22-29-17(27)24(15)7-2-3-9(19)8(18)6-7/h2-3,6,20H,4-5H2,1H3. The summed E-state index contributed by atoms with van der Waals surface area (Å²) in [5, 5.41) is 14.2. The van der Waals surface area contributed by atoms with Gasteiger partial charge in [-0.15, -0.1) is 0 Å². The van der Waals surface area contributed by atoms with Crippen molar-refractivity contribution in [2.45, 2.75) is 5.03 Å². The van der Waals surface area contributed by atoms with E-state index < -0.39 is 22.4 Å². The van der Waals surface area contributed by atoms with E-state index in [1.807, 2.05) is 0 Å². The topological polar surface area (TPSA) is 142 Å². The fraction of sp³-hybridized carbons (Fsp3) is 0.176. The molecule has 4 aromatic rings. The molecule has 2 aromatic carbocycles. The lowest BCUT2D eigenvalue weighted by atomic mass is 10.2. The zero-order valence-corrected chi connectivity index (χ0v) is 17.1. The monoisotopic (exact) mass is 467 g/mol. The van der Waals surface area contributed by atoms with E-state index in [-0.39, 0.29) is 45.2 Å². The van der Waals surface area contributed by atoms with Crippen molar-refractivity contribution >= 4 is 29.1 Å². The van der Waals surface area contributed by atoms with Crippen molar-refractivity contribution in [3.05, 3.63) is 60.0 Å². The first kappa shape index (κ1) is 20.8. The molecule has 14 heteroatoms. The van der Waals surface area contributed by atoms with Crippen LogP contribution in [0.5, 0.6) is 5.75 Å². The van der Waals surface area contributed by atoms with E-state index in [1.54, 1.807) is 0 Å². The van der Waals surface area contributed by atoms with Crippen LogP contribution in [0.3, 0.4) is 0 Å². The number of anilines is 1. The smallest absolute Gasteiger partial charge is 0.446 e. The Labute approximate surface area is 180 Å². The van der Waals surface area contributed by atoms with Gasteiger partial charge in [-0.3, -0.25) is 14.1 Å². The van der Waals surface area contributed by atoms with Gasteiger partial charge in [0.1, 0.15) is 11.5 Å².